The second kappa shape index (κ2) is 9.18. The first-order valence-corrected chi connectivity index (χ1v) is 14.5. The van der Waals surface area contributed by atoms with Gasteiger partial charge in [-0.15, -0.1) is 0 Å². The van der Waals surface area contributed by atoms with Crippen LogP contribution in [0, 0.1) is 5.41 Å². The molecule has 2 aliphatic rings. The second-order valence-corrected chi connectivity index (χ2v) is 13.8. The maximum atomic E-state index is 14.3. The molecule has 9 heteroatoms. The summed E-state index contributed by atoms with van der Waals surface area (Å²) in [6, 6.07) is 9.95. The van der Waals surface area contributed by atoms with E-state index in [1.165, 1.54) is 0 Å². The SMILES string of the molecule is CCOP(=S)(NC1(P2(=O)OCC(C)(C)[C@H](c3ccccc3)O2)CCCC1)OCC. The first-order chi connectivity index (χ1) is 13.7. The third kappa shape index (κ3) is 4.88. The van der Waals surface area contributed by atoms with Crippen molar-refractivity contribution in [1.82, 2.24) is 5.09 Å². The Hall–Kier alpha value is -0.100. The quantitative estimate of drug-likeness (QED) is 0.466. The predicted molar refractivity (Wildman–Crippen MR) is 119 cm³/mol. The zero-order chi connectivity index (χ0) is 21.2. The molecule has 1 saturated carbocycles. The van der Waals surface area contributed by atoms with E-state index in [4.69, 9.17) is 29.9 Å². The highest BCUT2D eigenvalue weighted by Crippen LogP contribution is 2.72. The Morgan fingerprint density at radius 2 is 1.76 bits per heavy atom. The minimum absolute atomic E-state index is 0.310. The van der Waals surface area contributed by atoms with E-state index in [2.05, 4.69) is 18.9 Å². The van der Waals surface area contributed by atoms with Gasteiger partial charge in [-0.25, -0.2) is 5.09 Å². The summed E-state index contributed by atoms with van der Waals surface area (Å²) in [5.74, 6) is 0. The van der Waals surface area contributed by atoms with Crippen LogP contribution >= 0.6 is 14.2 Å². The number of hydrogen-bond donors (Lipinski definition) is 1. The van der Waals surface area contributed by atoms with Crippen LogP contribution < -0.4 is 5.09 Å². The van der Waals surface area contributed by atoms with Crippen LogP contribution in [0.15, 0.2) is 30.3 Å². The lowest BCUT2D eigenvalue weighted by molar-refractivity contribution is -0.0346. The van der Waals surface area contributed by atoms with Crippen molar-refractivity contribution >= 4 is 26.0 Å². The van der Waals surface area contributed by atoms with Crippen molar-refractivity contribution in [2.45, 2.75) is 64.8 Å². The Balaban J connectivity index is 1.96. The smallest absolute Gasteiger partial charge is 0.318 e. The molecule has 29 heavy (non-hydrogen) atoms. The van der Waals surface area contributed by atoms with Crippen LogP contribution in [0.4, 0.5) is 0 Å². The standard InChI is InChI=1S/C20H33NO5P2S/c1-5-23-28(29,24-6-2)21-20(14-10-11-15-20)27(22)25-16-19(3,4)18(26-27)17-12-8-7-9-13-17/h7-9,12-13,18H,5-6,10-11,14-16H2,1-4H3,(H,21,29)/t18-,27?/m0/s1. The molecule has 2 atom stereocenters. The maximum absolute atomic E-state index is 14.3. The van der Waals surface area contributed by atoms with Gasteiger partial charge in [0.15, 0.2) is 0 Å². The Bertz CT molecular complexity index is 772. The molecule has 3 rings (SSSR count). The molecule has 1 N–H and O–H groups in total. The van der Waals surface area contributed by atoms with E-state index < -0.39 is 19.5 Å². The Labute approximate surface area is 179 Å². The predicted octanol–water partition coefficient (Wildman–Crippen LogP) is 6.15. The minimum Gasteiger partial charge on any atom is -0.318 e. The first-order valence-electron chi connectivity index (χ1n) is 10.4. The van der Waals surface area contributed by atoms with Crippen molar-refractivity contribution in [3.05, 3.63) is 35.9 Å². The molecular formula is C20H33NO5P2S. The molecule has 0 bridgehead atoms. The van der Waals surface area contributed by atoms with Gasteiger partial charge in [0, 0.05) is 5.41 Å². The largest absolute Gasteiger partial charge is 0.351 e. The van der Waals surface area contributed by atoms with E-state index in [9.17, 15) is 4.57 Å². The van der Waals surface area contributed by atoms with Crippen LogP contribution in [0.3, 0.4) is 0 Å². The van der Waals surface area contributed by atoms with Gasteiger partial charge in [0.05, 0.1) is 25.9 Å². The van der Waals surface area contributed by atoms with E-state index in [-0.39, 0.29) is 11.5 Å². The van der Waals surface area contributed by atoms with Crippen LogP contribution in [0.25, 0.3) is 0 Å². The Kier molecular flexibility index (Phi) is 7.46. The van der Waals surface area contributed by atoms with E-state index in [0.717, 1.165) is 18.4 Å². The van der Waals surface area contributed by atoms with Crippen molar-refractivity contribution in [2.24, 2.45) is 5.41 Å². The second-order valence-electron chi connectivity index (χ2n) is 8.34. The highest BCUT2D eigenvalue weighted by atomic mass is 32.5. The van der Waals surface area contributed by atoms with E-state index in [1.807, 2.05) is 44.2 Å². The minimum atomic E-state index is -3.55. The zero-order valence-electron chi connectivity index (χ0n) is 17.8. The van der Waals surface area contributed by atoms with E-state index >= 15 is 0 Å². The lowest BCUT2D eigenvalue weighted by Crippen LogP contribution is -2.46. The molecule has 0 radical (unpaired) electrons. The lowest BCUT2D eigenvalue weighted by atomic mass is 9.83. The van der Waals surface area contributed by atoms with Crippen molar-refractivity contribution in [2.75, 3.05) is 19.8 Å². The molecule has 1 heterocycles. The maximum Gasteiger partial charge on any atom is 0.351 e. The van der Waals surface area contributed by atoms with Gasteiger partial charge < -0.3 is 13.6 Å². The van der Waals surface area contributed by atoms with Gasteiger partial charge in [-0.2, -0.15) is 0 Å². The number of rotatable bonds is 8. The molecule has 1 aliphatic carbocycles. The summed E-state index contributed by atoms with van der Waals surface area (Å²) in [7, 11) is -3.55. The van der Waals surface area contributed by atoms with Crippen molar-refractivity contribution in [1.29, 1.82) is 0 Å². The zero-order valence-corrected chi connectivity index (χ0v) is 20.4. The normalized spacial score (nSPS) is 29.0. The highest BCUT2D eigenvalue weighted by Gasteiger charge is 2.59. The van der Waals surface area contributed by atoms with Gasteiger partial charge in [-0.3, -0.25) is 9.09 Å². The van der Waals surface area contributed by atoms with Crippen molar-refractivity contribution in [3.8, 4) is 0 Å². The first kappa shape index (κ1) is 23.6. The average Bonchev–Trinajstić information content (AvgIpc) is 3.15. The van der Waals surface area contributed by atoms with Crippen LogP contribution in [0.2, 0.25) is 0 Å². The summed E-state index contributed by atoms with van der Waals surface area (Å²) in [5, 5.41) is 2.51. The fraction of sp³-hybridized carbons (Fsp3) is 0.700. The Morgan fingerprint density at radius 3 is 2.31 bits per heavy atom. The molecule has 1 saturated heterocycles. The monoisotopic (exact) mass is 461 g/mol. The number of benzene rings is 1. The summed E-state index contributed by atoms with van der Waals surface area (Å²) in [4.78, 5) is 0. The van der Waals surface area contributed by atoms with Crippen LogP contribution in [-0.2, 0) is 34.5 Å². The molecule has 0 spiro atoms. The van der Waals surface area contributed by atoms with E-state index in [1.54, 1.807) is 0 Å². The molecule has 1 aromatic rings. The van der Waals surface area contributed by atoms with Crippen molar-refractivity contribution < 1.29 is 22.7 Å². The molecule has 1 unspecified atom stereocenters. The van der Waals surface area contributed by atoms with Gasteiger partial charge in [-0.05, 0) is 44.1 Å². The molecule has 0 amide bonds. The summed E-state index contributed by atoms with van der Waals surface area (Å²) in [6.07, 6.45) is 2.84. The van der Waals surface area contributed by atoms with Gasteiger partial charge in [0.25, 0.3) is 6.64 Å². The fourth-order valence-electron chi connectivity index (χ4n) is 4.11. The number of hydrogen-bond acceptors (Lipinski definition) is 6. The molecule has 1 aromatic carbocycles. The molecular weight excluding hydrogens is 428 g/mol. The van der Waals surface area contributed by atoms with E-state index in [0.29, 0.717) is 32.7 Å². The molecule has 2 fully saturated rings. The van der Waals surface area contributed by atoms with Gasteiger partial charge in [0.1, 0.15) is 5.28 Å². The molecule has 164 valence electrons. The summed E-state index contributed by atoms with van der Waals surface area (Å²) >= 11 is 5.72. The van der Waals surface area contributed by atoms with Crippen LogP contribution in [0.1, 0.15) is 65.0 Å². The fourth-order valence-corrected chi connectivity index (χ4v) is 10.5. The Morgan fingerprint density at radius 1 is 1.17 bits per heavy atom. The average molecular weight is 462 g/mol. The molecule has 6 nitrogen and oxygen atoms in total. The lowest BCUT2D eigenvalue weighted by Gasteiger charge is -2.48. The number of nitrogens with one attached hydrogen (secondary N) is 1. The van der Waals surface area contributed by atoms with Gasteiger partial charge >= 0.3 is 7.60 Å². The third-order valence-electron chi connectivity index (χ3n) is 5.56. The van der Waals surface area contributed by atoms with Crippen LogP contribution in [0.5, 0.6) is 0 Å². The van der Waals surface area contributed by atoms with Gasteiger partial charge in [0.2, 0.25) is 0 Å². The summed E-state index contributed by atoms with van der Waals surface area (Å²) < 4.78 is 38.3. The van der Waals surface area contributed by atoms with Gasteiger partial charge in [-0.1, -0.05) is 57.0 Å². The van der Waals surface area contributed by atoms with Crippen LogP contribution in [-0.4, -0.2) is 25.1 Å². The van der Waals surface area contributed by atoms with Crippen molar-refractivity contribution in [3.63, 3.8) is 0 Å². The summed E-state index contributed by atoms with van der Waals surface area (Å²) in [6.45, 7) is 6.29. The topological polar surface area (TPSA) is 66.0 Å². The summed E-state index contributed by atoms with van der Waals surface area (Å²) in [5.41, 5.74) is 0.693. The molecule has 0 aromatic heterocycles. The third-order valence-corrected chi connectivity index (χ3v) is 11.1. The molecule has 1 aliphatic heterocycles. The highest BCUT2D eigenvalue weighted by molar-refractivity contribution is 8.09.